The fourth-order valence-corrected chi connectivity index (χ4v) is 3.77. The van der Waals surface area contributed by atoms with Gasteiger partial charge in [-0.2, -0.15) is 0 Å². The van der Waals surface area contributed by atoms with E-state index in [1.165, 1.54) is 36.9 Å². The summed E-state index contributed by atoms with van der Waals surface area (Å²) in [6, 6.07) is 11.5. The normalized spacial score (nSPS) is 22.0. The van der Waals surface area contributed by atoms with Crippen molar-refractivity contribution in [3.8, 4) is 0 Å². The zero-order chi connectivity index (χ0) is 15.9. The minimum atomic E-state index is 0.516. The minimum absolute atomic E-state index is 0.516. The van der Waals surface area contributed by atoms with Gasteiger partial charge in [0.2, 0.25) is 0 Å². The van der Waals surface area contributed by atoms with Crippen LogP contribution in [0.4, 0.5) is 0 Å². The van der Waals surface area contributed by atoms with Crippen molar-refractivity contribution in [1.29, 1.82) is 0 Å². The summed E-state index contributed by atoms with van der Waals surface area (Å²) in [5.74, 6) is 1.09. The molecule has 0 N–H and O–H groups in total. The average molecular weight is 297 g/mol. The van der Waals surface area contributed by atoms with Crippen LogP contribution in [0, 0.1) is 5.92 Å². The molecule has 0 spiro atoms. The third kappa shape index (κ3) is 4.33. The Morgan fingerprint density at radius 3 is 2.68 bits per heavy atom. The van der Waals surface area contributed by atoms with Crippen molar-refractivity contribution in [3.63, 3.8) is 0 Å². The summed E-state index contributed by atoms with van der Waals surface area (Å²) < 4.78 is 0. The standard InChI is InChI=1S/C21H31N/c1-5-11-20(19-12-7-6-8-13-19)16-17(2)18(3)21-14-9-10-15-22(21)4/h5-8,12-13,18,20-21H,1-2,9-11,14-16H2,3-4H3. The monoisotopic (exact) mass is 297 g/mol. The molecule has 1 aromatic carbocycles. The summed E-state index contributed by atoms with van der Waals surface area (Å²) in [7, 11) is 2.27. The van der Waals surface area contributed by atoms with Gasteiger partial charge in [-0.15, -0.1) is 6.58 Å². The van der Waals surface area contributed by atoms with Gasteiger partial charge in [-0.05, 0) is 56.7 Å². The van der Waals surface area contributed by atoms with E-state index in [2.05, 4.69) is 62.4 Å². The molecule has 0 saturated carbocycles. The molecule has 120 valence electrons. The summed E-state index contributed by atoms with van der Waals surface area (Å²) in [5.41, 5.74) is 2.81. The number of piperidine rings is 1. The maximum absolute atomic E-state index is 4.45. The molecule has 0 bridgehead atoms. The highest BCUT2D eigenvalue weighted by molar-refractivity contribution is 5.23. The van der Waals surface area contributed by atoms with Crippen LogP contribution in [0.2, 0.25) is 0 Å². The lowest BCUT2D eigenvalue weighted by Gasteiger charge is -2.38. The van der Waals surface area contributed by atoms with Crippen molar-refractivity contribution in [2.45, 2.75) is 51.0 Å². The molecule has 3 atom stereocenters. The van der Waals surface area contributed by atoms with E-state index >= 15 is 0 Å². The zero-order valence-electron chi connectivity index (χ0n) is 14.3. The Labute approximate surface area is 136 Å². The number of allylic oxidation sites excluding steroid dienone is 1. The van der Waals surface area contributed by atoms with Crippen LogP contribution >= 0.6 is 0 Å². The first-order valence-corrected chi connectivity index (χ1v) is 8.67. The fraction of sp³-hybridized carbons (Fsp3) is 0.524. The highest BCUT2D eigenvalue weighted by Crippen LogP contribution is 2.33. The first-order chi connectivity index (χ1) is 10.6. The molecule has 1 aliphatic rings. The van der Waals surface area contributed by atoms with E-state index < -0.39 is 0 Å². The largest absolute Gasteiger partial charge is 0.303 e. The Balaban J connectivity index is 2.02. The van der Waals surface area contributed by atoms with Crippen molar-refractivity contribution in [3.05, 3.63) is 60.7 Å². The molecule has 0 amide bonds. The van der Waals surface area contributed by atoms with Crippen LogP contribution in [0.25, 0.3) is 0 Å². The summed E-state index contributed by atoms with van der Waals surface area (Å²) >= 11 is 0. The number of likely N-dealkylation sites (tertiary alicyclic amines) is 1. The molecule has 3 unspecified atom stereocenters. The third-order valence-corrected chi connectivity index (χ3v) is 5.28. The second-order valence-corrected chi connectivity index (χ2v) is 6.83. The summed E-state index contributed by atoms with van der Waals surface area (Å²) in [5, 5.41) is 0. The molecule has 22 heavy (non-hydrogen) atoms. The van der Waals surface area contributed by atoms with Crippen molar-refractivity contribution in [2.75, 3.05) is 13.6 Å². The van der Waals surface area contributed by atoms with Crippen LogP contribution in [-0.2, 0) is 0 Å². The molecule has 0 aliphatic carbocycles. The van der Waals surface area contributed by atoms with Gasteiger partial charge in [0.15, 0.2) is 0 Å². The smallest absolute Gasteiger partial charge is 0.0155 e. The van der Waals surface area contributed by atoms with E-state index in [9.17, 15) is 0 Å². The Morgan fingerprint density at radius 1 is 1.32 bits per heavy atom. The maximum atomic E-state index is 4.45. The zero-order valence-corrected chi connectivity index (χ0v) is 14.3. The van der Waals surface area contributed by atoms with Crippen molar-refractivity contribution < 1.29 is 0 Å². The van der Waals surface area contributed by atoms with Crippen molar-refractivity contribution >= 4 is 0 Å². The van der Waals surface area contributed by atoms with E-state index in [4.69, 9.17) is 0 Å². The van der Waals surface area contributed by atoms with E-state index in [0.29, 0.717) is 17.9 Å². The summed E-state index contributed by atoms with van der Waals surface area (Å²) in [6.07, 6.45) is 8.16. The van der Waals surface area contributed by atoms with E-state index in [1.54, 1.807) is 0 Å². The highest BCUT2D eigenvalue weighted by Gasteiger charge is 2.27. The Morgan fingerprint density at radius 2 is 2.05 bits per heavy atom. The summed E-state index contributed by atoms with van der Waals surface area (Å²) in [4.78, 5) is 2.53. The van der Waals surface area contributed by atoms with Gasteiger partial charge in [0.05, 0.1) is 0 Å². The van der Waals surface area contributed by atoms with Crippen LogP contribution in [0.15, 0.2) is 55.1 Å². The topological polar surface area (TPSA) is 3.24 Å². The molecule has 0 radical (unpaired) electrons. The lowest BCUT2D eigenvalue weighted by molar-refractivity contribution is 0.148. The van der Waals surface area contributed by atoms with E-state index in [1.807, 2.05) is 6.08 Å². The van der Waals surface area contributed by atoms with Gasteiger partial charge >= 0.3 is 0 Å². The Hall–Kier alpha value is -1.34. The first-order valence-electron chi connectivity index (χ1n) is 8.67. The quantitative estimate of drug-likeness (QED) is 0.608. The van der Waals surface area contributed by atoms with E-state index in [-0.39, 0.29) is 0 Å². The molecule has 1 aliphatic heterocycles. The van der Waals surface area contributed by atoms with Gasteiger partial charge in [-0.3, -0.25) is 0 Å². The van der Waals surface area contributed by atoms with Crippen molar-refractivity contribution in [2.24, 2.45) is 5.92 Å². The molecule has 0 aromatic heterocycles. The van der Waals surface area contributed by atoms with Crippen LogP contribution in [-0.4, -0.2) is 24.5 Å². The molecule has 1 heteroatoms. The molecule has 1 fully saturated rings. The lowest BCUT2D eigenvalue weighted by atomic mass is 9.81. The summed E-state index contributed by atoms with van der Waals surface area (Å²) in [6.45, 7) is 12.0. The molecule has 1 aromatic rings. The van der Waals surface area contributed by atoms with E-state index in [0.717, 1.165) is 12.8 Å². The molecule has 1 heterocycles. The van der Waals surface area contributed by atoms with Gasteiger partial charge < -0.3 is 4.90 Å². The molecular weight excluding hydrogens is 266 g/mol. The third-order valence-electron chi connectivity index (χ3n) is 5.28. The second-order valence-electron chi connectivity index (χ2n) is 6.83. The Bertz CT molecular complexity index is 476. The molecule has 1 saturated heterocycles. The van der Waals surface area contributed by atoms with Gasteiger partial charge in [0.1, 0.15) is 0 Å². The van der Waals surface area contributed by atoms with Gasteiger partial charge in [0.25, 0.3) is 0 Å². The van der Waals surface area contributed by atoms with Gasteiger partial charge in [-0.25, -0.2) is 0 Å². The molecule has 2 rings (SSSR count). The average Bonchev–Trinajstić information content (AvgIpc) is 2.55. The number of rotatable bonds is 7. The fourth-order valence-electron chi connectivity index (χ4n) is 3.77. The minimum Gasteiger partial charge on any atom is -0.303 e. The highest BCUT2D eigenvalue weighted by atomic mass is 15.1. The van der Waals surface area contributed by atoms with Gasteiger partial charge in [0, 0.05) is 6.04 Å². The number of hydrogen-bond donors (Lipinski definition) is 0. The number of benzene rings is 1. The van der Waals surface area contributed by atoms with Crippen molar-refractivity contribution in [1.82, 2.24) is 4.90 Å². The predicted molar refractivity (Wildman–Crippen MR) is 97.2 cm³/mol. The molecular formula is C21H31N. The van der Waals surface area contributed by atoms with Crippen LogP contribution in [0.5, 0.6) is 0 Å². The molecule has 1 nitrogen and oxygen atoms in total. The van der Waals surface area contributed by atoms with Crippen LogP contribution < -0.4 is 0 Å². The first kappa shape index (κ1) is 17.0. The Kier molecular flexibility index (Phi) is 6.45. The number of nitrogens with zero attached hydrogens (tertiary/aromatic N) is 1. The second kappa shape index (κ2) is 8.33. The SMILES string of the molecule is C=CCC(CC(=C)C(C)C1CCCCN1C)c1ccccc1. The van der Waals surface area contributed by atoms with Gasteiger partial charge in [-0.1, -0.05) is 61.9 Å². The number of hydrogen-bond acceptors (Lipinski definition) is 1. The predicted octanol–water partition coefficient (Wildman–Crippen LogP) is 5.41. The maximum Gasteiger partial charge on any atom is 0.0155 e. The lowest BCUT2D eigenvalue weighted by Crippen LogP contribution is -2.41. The van der Waals surface area contributed by atoms with Crippen LogP contribution in [0.1, 0.15) is 50.5 Å². The van der Waals surface area contributed by atoms with Crippen LogP contribution in [0.3, 0.4) is 0 Å².